The molecule has 1 N–H and O–H groups in total. The molecular weight excluding hydrogens is 382 g/mol. The van der Waals surface area contributed by atoms with Gasteiger partial charge < -0.3 is 10.2 Å². The summed E-state index contributed by atoms with van der Waals surface area (Å²) in [6.07, 6.45) is 6.23. The molecule has 0 unspecified atom stereocenters. The molecule has 2 heterocycles. The second-order valence-electron chi connectivity index (χ2n) is 8.38. The zero-order valence-corrected chi connectivity index (χ0v) is 17.3. The zero-order chi connectivity index (χ0) is 19.8. The fourth-order valence-corrected chi connectivity index (χ4v) is 5.22. The summed E-state index contributed by atoms with van der Waals surface area (Å²) in [7, 11) is 0. The van der Waals surface area contributed by atoms with Crippen LogP contribution in [-0.4, -0.2) is 42.6 Å². The Morgan fingerprint density at radius 1 is 1.03 bits per heavy atom. The first kappa shape index (κ1) is 18.7. The molecule has 150 valence electrons. The van der Waals surface area contributed by atoms with Crippen LogP contribution in [0.5, 0.6) is 0 Å². The van der Waals surface area contributed by atoms with E-state index >= 15 is 0 Å². The molecule has 5 heteroatoms. The highest BCUT2D eigenvalue weighted by atomic mass is 35.5. The van der Waals surface area contributed by atoms with Gasteiger partial charge in [0.25, 0.3) is 0 Å². The molecule has 1 spiro atoms. The highest BCUT2D eigenvalue weighted by Crippen LogP contribution is 2.36. The van der Waals surface area contributed by atoms with Crippen LogP contribution in [0.3, 0.4) is 0 Å². The molecule has 2 aromatic rings. The highest BCUT2D eigenvalue weighted by molar-refractivity contribution is 6.30. The first-order valence-electron chi connectivity index (χ1n) is 10.5. The van der Waals surface area contributed by atoms with Crippen molar-refractivity contribution in [3.63, 3.8) is 0 Å². The van der Waals surface area contributed by atoms with Gasteiger partial charge in [-0.3, -0.25) is 9.69 Å². The number of benzene rings is 2. The van der Waals surface area contributed by atoms with Gasteiger partial charge in [-0.2, -0.15) is 0 Å². The van der Waals surface area contributed by atoms with Gasteiger partial charge in [0.15, 0.2) is 0 Å². The Bertz CT molecular complexity index is 948. The number of nitrogens with one attached hydrogen (secondary N) is 1. The summed E-state index contributed by atoms with van der Waals surface area (Å²) >= 11 is 6.18. The molecule has 2 aromatic carbocycles. The van der Waals surface area contributed by atoms with Crippen LogP contribution in [-0.2, 0) is 11.2 Å². The summed E-state index contributed by atoms with van der Waals surface area (Å²) in [6, 6.07) is 16.5. The molecule has 3 aliphatic rings. The predicted molar refractivity (Wildman–Crippen MR) is 118 cm³/mol. The second kappa shape index (κ2) is 7.51. The molecule has 29 heavy (non-hydrogen) atoms. The van der Waals surface area contributed by atoms with Gasteiger partial charge >= 0.3 is 0 Å². The quantitative estimate of drug-likeness (QED) is 0.832. The molecule has 4 nitrogen and oxygen atoms in total. The summed E-state index contributed by atoms with van der Waals surface area (Å²) in [5.74, 6) is 0.182. The third-order valence-electron chi connectivity index (χ3n) is 6.70. The lowest BCUT2D eigenvalue weighted by molar-refractivity contribution is -0.125. The third-order valence-corrected chi connectivity index (χ3v) is 6.93. The summed E-state index contributed by atoms with van der Waals surface area (Å²) in [6.45, 7) is 3.47. The molecule has 0 aromatic heterocycles. The summed E-state index contributed by atoms with van der Waals surface area (Å²) < 4.78 is 0. The van der Waals surface area contributed by atoms with Crippen molar-refractivity contribution in [2.45, 2.75) is 31.2 Å². The van der Waals surface area contributed by atoms with Crippen LogP contribution in [0.2, 0.25) is 5.02 Å². The van der Waals surface area contributed by atoms with Crippen LogP contribution in [0, 0.1) is 0 Å². The third kappa shape index (κ3) is 3.45. The standard InChI is InChI=1S/C24H26ClN3O/c25-21-9-8-19-7-6-18(14-20(19)15-21)16-27-12-10-24(11-13-27)23(29)26-17-28(24)22-4-2-1-3-5-22/h1-5,8-9,14-15H,6-7,10-13,16-17H2,(H,26,29). The van der Waals surface area contributed by atoms with Gasteiger partial charge in [0.05, 0.1) is 6.67 Å². The molecule has 2 saturated heterocycles. The molecule has 5 rings (SSSR count). The number of carbonyl (C=O) groups is 1. The molecular formula is C24H26ClN3O. The van der Waals surface area contributed by atoms with E-state index in [0.29, 0.717) is 6.67 Å². The summed E-state index contributed by atoms with van der Waals surface area (Å²) in [4.78, 5) is 17.6. The Hall–Kier alpha value is -2.30. The van der Waals surface area contributed by atoms with Crippen LogP contribution in [0.15, 0.2) is 54.1 Å². The average Bonchev–Trinajstić information content (AvgIpc) is 3.06. The van der Waals surface area contributed by atoms with Gasteiger partial charge in [-0.25, -0.2) is 0 Å². The Balaban J connectivity index is 1.28. The van der Waals surface area contributed by atoms with Crippen LogP contribution in [0.1, 0.15) is 30.4 Å². The fourth-order valence-electron chi connectivity index (χ4n) is 5.04. The van der Waals surface area contributed by atoms with Crippen LogP contribution < -0.4 is 10.2 Å². The van der Waals surface area contributed by atoms with E-state index in [1.807, 2.05) is 24.3 Å². The van der Waals surface area contributed by atoms with Crippen molar-refractivity contribution in [3.05, 3.63) is 70.3 Å². The van der Waals surface area contributed by atoms with Gasteiger partial charge in [0.1, 0.15) is 5.54 Å². The molecule has 1 amide bonds. The maximum absolute atomic E-state index is 12.8. The Morgan fingerprint density at radius 3 is 2.62 bits per heavy atom. The van der Waals surface area contributed by atoms with Crippen LogP contribution in [0.25, 0.3) is 6.08 Å². The smallest absolute Gasteiger partial charge is 0.247 e. The molecule has 2 fully saturated rings. The van der Waals surface area contributed by atoms with Crippen molar-refractivity contribution in [2.24, 2.45) is 0 Å². The molecule has 0 radical (unpaired) electrons. The number of carbonyl (C=O) groups excluding carboxylic acids is 1. The van der Waals surface area contributed by atoms with Crippen molar-refractivity contribution in [2.75, 3.05) is 31.2 Å². The number of piperidine rings is 1. The molecule has 0 bridgehead atoms. The minimum absolute atomic E-state index is 0.182. The lowest BCUT2D eigenvalue weighted by Crippen LogP contribution is -2.56. The van der Waals surface area contributed by atoms with Crippen LogP contribution in [0.4, 0.5) is 5.69 Å². The van der Waals surface area contributed by atoms with E-state index in [4.69, 9.17) is 11.6 Å². The number of anilines is 1. The van der Waals surface area contributed by atoms with Gasteiger partial charge in [-0.05, 0) is 61.1 Å². The first-order valence-corrected chi connectivity index (χ1v) is 10.8. The number of hydrogen-bond acceptors (Lipinski definition) is 3. The Kier molecular flexibility index (Phi) is 4.84. The number of likely N-dealkylation sites (tertiary alicyclic amines) is 1. The number of nitrogens with zero attached hydrogens (tertiary/aromatic N) is 2. The van der Waals surface area contributed by atoms with E-state index in [1.165, 1.54) is 16.7 Å². The van der Waals surface area contributed by atoms with Crippen molar-refractivity contribution in [3.8, 4) is 0 Å². The van der Waals surface area contributed by atoms with Crippen LogP contribution >= 0.6 is 11.6 Å². The lowest BCUT2D eigenvalue weighted by atomic mass is 9.85. The topological polar surface area (TPSA) is 35.6 Å². The van der Waals surface area contributed by atoms with Gasteiger partial charge in [0, 0.05) is 30.3 Å². The van der Waals surface area contributed by atoms with Gasteiger partial charge in [-0.15, -0.1) is 0 Å². The normalized spacial score (nSPS) is 21.1. The Labute approximate surface area is 177 Å². The van der Waals surface area contributed by atoms with Crippen molar-refractivity contribution < 1.29 is 4.79 Å². The number of amides is 1. The molecule has 2 aliphatic heterocycles. The molecule has 0 saturated carbocycles. The number of hydrogen-bond donors (Lipinski definition) is 1. The van der Waals surface area contributed by atoms with E-state index in [2.05, 4.69) is 45.5 Å². The first-order chi connectivity index (χ1) is 14.1. The lowest BCUT2D eigenvalue weighted by Gasteiger charge is -2.43. The number of rotatable bonds is 3. The maximum atomic E-state index is 12.8. The molecule has 1 aliphatic carbocycles. The number of halogens is 1. The van der Waals surface area contributed by atoms with E-state index in [-0.39, 0.29) is 5.91 Å². The average molecular weight is 408 g/mol. The second-order valence-corrected chi connectivity index (χ2v) is 8.82. The monoisotopic (exact) mass is 407 g/mol. The molecule has 0 atom stereocenters. The largest absolute Gasteiger partial charge is 0.339 e. The number of fused-ring (bicyclic) bond motifs is 1. The summed E-state index contributed by atoms with van der Waals surface area (Å²) in [5.41, 5.74) is 4.84. The van der Waals surface area contributed by atoms with E-state index in [9.17, 15) is 4.79 Å². The number of para-hydroxylation sites is 1. The highest BCUT2D eigenvalue weighted by Gasteiger charge is 2.50. The van der Waals surface area contributed by atoms with Crippen molar-refractivity contribution in [1.82, 2.24) is 10.2 Å². The van der Waals surface area contributed by atoms with Gasteiger partial charge in [-0.1, -0.05) is 47.5 Å². The van der Waals surface area contributed by atoms with E-state index in [0.717, 1.165) is 56.0 Å². The Morgan fingerprint density at radius 2 is 1.83 bits per heavy atom. The van der Waals surface area contributed by atoms with Crippen molar-refractivity contribution >= 4 is 29.3 Å². The van der Waals surface area contributed by atoms with E-state index < -0.39 is 5.54 Å². The minimum Gasteiger partial charge on any atom is -0.339 e. The maximum Gasteiger partial charge on any atom is 0.247 e. The van der Waals surface area contributed by atoms with Gasteiger partial charge in [0.2, 0.25) is 5.91 Å². The fraction of sp³-hybridized carbons (Fsp3) is 0.375. The number of aryl methyl sites for hydroxylation is 1. The van der Waals surface area contributed by atoms with Crippen molar-refractivity contribution in [1.29, 1.82) is 0 Å². The summed E-state index contributed by atoms with van der Waals surface area (Å²) in [5, 5.41) is 3.89. The SMILES string of the molecule is O=C1NCN(c2ccccc2)C12CCN(CC1=Cc3cc(Cl)ccc3CC1)CC2. The zero-order valence-electron chi connectivity index (χ0n) is 16.5. The predicted octanol–water partition coefficient (Wildman–Crippen LogP) is 4.10. The van der Waals surface area contributed by atoms with E-state index in [1.54, 1.807) is 0 Å². The minimum atomic E-state index is -0.404.